The van der Waals surface area contributed by atoms with Crippen LogP contribution in [0.4, 0.5) is 0 Å². The molecular formula is C11H23N3O2. The maximum atomic E-state index is 11.8. The van der Waals surface area contributed by atoms with Crippen molar-refractivity contribution in [1.82, 2.24) is 9.80 Å². The van der Waals surface area contributed by atoms with Crippen LogP contribution in [0.3, 0.4) is 0 Å². The van der Waals surface area contributed by atoms with Gasteiger partial charge in [-0.2, -0.15) is 0 Å². The van der Waals surface area contributed by atoms with Crippen LogP contribution in [0, 0.1) is 0 Å². The minimum Gasteiger partial charge on any atom is -0.395 e. The molecule has 0 spiro atoms. The van der Waals surface area contributed by atoms with Crippen molar-refractivity contribution < 1.29 is 9.90 Å². The fraction of sp³-hybridized carbons (Fsp3) is 0.909. The van der Waals surface area contributed by atoms with Crippen LogP contribution < -0.4 is 5.73 Å². The number of aliphatic hydroxyl groups excluding tert-OH is 1. The number of hydrogen-bond donors (Lipinski definition) is 2. The summed E-state index contributed by atoms with van der Waals surface area (Å²) in [6.45, 7) is 6.11. The van der Waals surface area contributed by atoms with Crippen LogP contribution in [0.5, 0.6) is 0 Å². The maximum absolute atomic E-state index is 11.8. The number of nitrogens with two attached hydrogens (primary N) is 1. The normalized spacial score (nSPS) is 19.8. The second-order valence-electron chi connectivity index (χ2n) is 4.46. The minimum atomic E-state index is 0.0969. The highest BCUT2D eigenvalue weighted by Crippen LogP contribution is 2.05. The first kappa shape index (κ1) is 13.4. The Morgan fingerprint density at radius 2 is 2.00 bits per heavy atom. The largest absolute Gasteiger partial charge is 0.395 e. The highest BCUT2D eigenvalue weighted by Gasteiger charge is 2.20. The van der Waals surface area contributed by atoms with E-state index >= 15 is 0 Å². The average Bonchev–Trinajstić information content (AvgIpc) is 2.27. The molecule has 1 aliphatic heterocycles. The molecule has 1 heterocycles. The number of carbonyl (C=O) groups is 1. The smallest absolute Gasteiger partial charge is 0.222 e. The lowest BCUT2D eigenvalue weighted by Gasteiger charge is -2.34. The molecule has 3 N–H and O–H groups in total. The summed E-state index contributed by atoms with van der Waals surface area (Å²) in [5.41, 5.74) is 5.63. The summed E-state index contributed by atoms with van der Waals surface area (Å²) in [5.74, 6) is 0.209. The number of carbonyl (C=O) groups excluding carboxylic acids is 1. The second kappa shape index (κ2) is 6.83. The van der Waals surface area contributed by atoms with E-state index in [0.717, 1.165) is 32.6 Å². The summed E-state index contributed by atoms with van der Waals surface area (Å²) in [4.78, 5) is 15.8. The Bertz CT molecular complexity index is 213. The summed E-state index contributed by atoms with van der Waals surface area (Å²) in [7, 11) is 0. The van der Waals surface area contributed by atoms with Gasteiger partial charge in [0.1, 0.15) is 0 Å². The zero-order valence-electron chi connectivity index (χ0n) is 10.1. The van der Waals surface area contributed by atoms with Crippen molar-refractivity contribution in [2.45, 2.75) is 25.8 Å². The van der Waals surface area contributed by atoms with E-state index < -0.39 is 0 Å². The van der Waals surface area contributed by atoms with Crippen LogP contribution >= 0.6 is 0 Å². The Hall–Kier alpha value is -0.650. The Kier molecular flexibility index (Phi) is 5.73. The number of hydrogen-bond acceptors (Lipinski definition) is 4. The van der Waals surface area contributed by atoms with Gasteiger partial charge >= 0.3 is 0 Å². The van der Waals surface area contributed by atoms with Crippen molar-refractivity contribution >= 4 is 5.91 Å². The van der Waals surface area contributed by atoms with Gasteiger partial charge in [-0.3, -0.25) is 9.69 Å². The van der Waals surface area contributed by atoms with Gasteiger partial charge in [-0.25, -0.2) is 0 Å². The second-order valence-corrected chi connectivity index (χ2v) is 4.46. The number of nitrogens with zero attached hydrogens (tertiary/aromatic N) is 2. The van der Waals surface area contributed by atoms with Crippen molar-refractivity contribution in [3.63, 3.8) is 0 Å². The molecule has 0 saturated carbocycles. The molecule has 1 unspecified atom stereocenters. The molecule has 94 valence electrons. The average molecular weight is 229 g/mol. The van der Waals surface area contributed by atoms with Gasteiger partial charge in [0.05, 0.1) is 6.61 Å². The van der Waals surface area contributed by atoms with Crippen LogP contribution in [-0.2, 0) is 4.79 Å². The van der Waals surface area contributed by atoms with Gasteiger partial charge in [0.25, 0.3) is 0 Å². The fourth-order valence-corrected chi connectivity index (χ4v) is 1.87. The lowest BCUT2D eigenvalue weighted by molar-refractivity contribution is -0.133. The lowest BCUT2D eigenvalue weighted by Crippen LogP contribution is -2.49. The number of rotatable bonds is 5. The molecule has 0 aliphatic carbocycles. The van der Waals surface area contributed by atoms with E-state index in [0.29, 0.717) is 13.0 Å². The van der Waals surface area contributed by atoms with E-state index in [1.807, 2.05) is 11.8 Å². The summed E-state index contributed by atoms with van der Waals surface area (Å²) < 4.78 is 0. The van der Waals surface area contributed by atoms with Gasteiger partial charge in [-0.05, 0) is 13.3 Å². The summed E-state index contributed by atoms with van der Waals surface area (Å²) in [6, 6.07) is 0.0969. The molecule has 1 amide bonds. The first-order valence-corrected chi connectivity index (χ1v) is 6.00. The highest BCUT2D eigenvalue weighted by atomic mass is 16.3. The van der Waals surface area contributed by atoms with Crippen LogP contribution in [0.1, 0.15) is 19.8 Å². The third-order valence-electron chi connectivity index (χ3n) is 2.95. The van der Waals surface area contributed by atoms with Gasteiger partial charge < -0.3 is 15.7 Å². The van der Waals surface area contributed by atoms with Gasteiger partial charge in [0.2, 0.25) is 5.91 Å². The van der Waals surface area contributed by atoms with Crippen molar-refractivity contribution in [1.29, 1.82) is 0 Å². The molecular weight excluding hydrogens is 206 g/mol. The summed E-state index contributed by atoms with van der Waals surface area (Å²) >= 11 is 0. The van der Waals surface area contributed by atoms with E-state index in [2.05, 4.69) is 4.90 Å². The Morgan fingerprint density at radius 1 is 1.38 bits per heavy atom. The van der Waals surface area contributed by atoms with Crippen molar-refractivity contribution in [2.24, 2.45) is 5.73 Å². The molecule has 5 heteroatoms. The molecule has 1 aliphatic rings. The van der Waals surface area contributed by atoms with Crippen LogP contribution in [0.2, 0.25) is 0 Å². The SMILES string of the molecule is CC(N)CCC(=O)N1CCN(CCO)CC1. The zero-order chi connectivity index (χ0) is 12.0. The Morgan fingerprint density at radius 3 is 2.50 bits per heavy atom. The lowest BCUT2D eigenvalue weighted by atomic mass is 10.1. The molecule has 0 bridgehead atoms. The van der Waals surface area contributed by atoms with Gasteiger partial charge in [-0.15, -0.1) is 0 Å². The molecule has 0 radical (unpaired) electrons. The molecule has 0 aromatic heterocycles. The fourth-order valence-electron chi connectivity index (χ4n) is 1.87. The van der Waals surface area contributed by atoms with E-state index in [4.69, 9.17) is 10.8 Å². The topological polar surface area (TPSA) is 69.8 Å². The number of β-amino-alcohol motifs (C(OH)–C–C–N with tert-alkyl or cyclic N) is 1. The van der Waals surface area contributed by atoms with Gasteiger partial charge in [-0.1, -0.05) is 0 Å². The van der Waals surface area contributed by atoms with Crippen LogP contribution in [0.25, 0.3) is 0 Å². The Balaban J connectivity index is 2.22. The molecule has 1 rings (SSSR count). The van der Waals surface area contributed by atoms with Crippen molar-refractivity contribution in [2.75, 3.05) is 39.3 Å². The monoisotopic (exact) mass is 229 g/mol. The minimum absolute atomic E-state index is 0.0969. The number of piperazine rings is 1. The first-order chi connectivity index (χ1) is 7.63. The molecule has 5 nitrogen and oxygen atoms in total. The van der Waals surface area contributed by atoms with Gasteiger partial charge in [0.15, 0.2) is 0 Å². The molecule has 1 saturated heterocycles. The van der Waals surface area contributed by atoms with Crippen molar-refractivity contribution in [3.8, 4) is 0 Å². The maximum Gasteiger partial charge on any atom is 0.222 e. The number of amides is 1. The predicted octanol–water partition coefficient (Wildman–Crippen LogP) is -0.750. The van der Waals surface area contributed by atoms with Crippen molar-refractivity contribution in [3.05, 3.63) is 0 Å². The molecule has 1 atom stereocenters. The van der Waals surface area contributed by atoms with E-state index in [-0.39, 0.29) is 18.6 Å². The highest BCUT2D eigenvalue weighted by molar-refractivity contribution is 5.76. The first-order valence-electron chi connectivity index (χ1n) is 6.00. The zero-order valence-corrected chi connectivity index (χ0v) is 10.1. The summed E-state index contributed by atoms with van der Waals surface area (Å²) in [6.07, 6.45) is 1.31. The van der Waals surface area contributed by atoms with Crippen LogP contribution in [-0.4, -0.2) is 66.2 Å². The van der Waals surface area contributed by atoms with E-state index in [1.165, 1.54) is 0 Å². The van der Waals surface area contributed by atoms with Crippen LogP contribution in [0.15, 0.2) is 0 Å². The molecule has 16 heavy (non-hydrogen) atoms. The van der Waals surface area contributed by atoms with Gasteiger partial charge in [0, 0.05) is 45.2 Å². The number of aliphatic hydroxyl groups is 1. The summed E-state index contributed by atoms with van der Waals surface area (Å²) in [5, 5.41) is 8.80. The predicted molar refractivity (Wildman–Crippen MR) is 63.0 cm³/mol. The van der Waals surface area contributed by atoms with E-state index in [9.17, 15) is 4.79 Å². The molecule has 0 aromatic rings. The molecule has 1 fully saturated rings. The standard InChI is InChI=1S/C11H23N3O2/c1-10(12)2-3-11(16)14-6-4-13(5-7-14)8-9-15/h10,15H,2-9,12H2,1H3. The van der Waals surface area contributed by atoms with E-state index in [1.54, 1.807) is 0 Å². The third kappa shape index (κ3) is 4.47. The molecule has 0 aromatic carbocycles. The quantitative estimate of drug-likeness (QED) is 0.651. The third-order valence-corrected chi connectivity index (χ3v) is 2.95. The Labute approximate surface area is 97.2 Å².